The van der Waals surface area contributed by atoms with E-state index in [1.54, 1.807) is 29.3 Å². The van der Waals surface area contributed by atoms with Gasteiger partial charge in [-0.2, -0.15) is 0 Å². The number of carbonyl (C=O) groups is 1. The highest BCUT2D eigenvalue weighted by atomic mass is 35.5. The number of halogens is 1. The van der Waals surface area contributed by atoms with Crippen molar-refractivity contribution in [3.05, 3.63) is 70.9 Å². The molecule has 1 aliphatic rings. The van der Waals surface area contributed by atoms with Crippen LogP contribution in [0.15, 0.2) is 65.1 Å². The van der Waals surface area contributed by atoms with Crippen LogP contribution in [0, 0.1) is 0 Å². The molecule has 1 aliphatic heterocycles. The number of ether oxygens (including phenoxy) is 1. The molecule has 2 aromatic rings. The zero-order chi connectivity index (χ0) is 19.2. The van der Waals surface area contributed by atoms with E-state index in [9.17, 15) is 4.79 Å². The standard InChI is InChI=1S/C20H18ClN3O2S/c1-3-12-26-16-10-6-5-8-14(16)13-17-19(25)24(4-2)20(27-17)23-15-9-7-11-22-18(15)21/h3,5-11,13H,1,4,12H2,2H3/b17-13-,23-20?. The maximum atomic E-state index is 12.8. The van der Waals surface area contributed by atoms with Crippen molar-refractivity contribution in [3.8, 4) is 5.75 Å². The molecule has 0 atom stereocenters. The van der Waals surface area contributed by atoms with Crippen molar-refractivity contribution in [1.82, 2.24) is 9.88 Å². The summed E-state index contributed by atoms with van der Waals surface area (Å²) in [5.74, 6) is 0.599. The van der Waals surface area contributed by atoms with Crippen molar-refractivity contribution in [1.29, 1.82) is 0 Å². The summed E-state index contributed by atoms with van der Waals surface area (Å²) in [6.45, 7) is 6.47. The van der Waals surface area contributed by atoms with E-state index in [2.05, 4.69) is 16.6 Å². The third kappa shape index (κ3) is 4.40. The van der Waals surface area contributed by atoms with Crippen molar-refractivity contribution >= 4 is 46.2 Å². The predicted octanol–water partition coefficient (Wildman–Crippen LogP) is 4.92. The number of rotatable bonds is 6. The van der Waals surface area contributed by atoms with E-state index in [0.717, 1.165) is 5.56 Å². The fraction of sp³-hybridized carbons (Fsp3) is 0.150. The van der Waals surface area contributed by atoms with Crippen LogP contribution in [0.2, 0.25) is 5.15 Å². The van der Waals surface area contributed by atoms with Crippen LogP contribution in [-0.4, -0.2) is 34.1 Å². The summed E-state index contributed by atoms with van der Waals surface area (Å²) in [6, 6.07) is 11.1. The summed E-state index contributed by atoms with van der Waals surface area (Å²) in [5.41, 5.74) is 1.36. The number of amides is 1. The van der Waals surface area contributed by atoms with Gasteiger partial charge in [-0.25, -0.2) is 9.98 Å². The lowest BCUT2D eigenvalue weighted by molar-refractivity contribution is -0.122. The molecule has 0 spiro atoms. The van der Waals surface area contributed by atoms with Crippen molar-refractivity contribution in [2.24, 2.45) is 4.99 Å². The molecular formula is C20H18ClN3O2S. The molecule has 0 bridgehead atoms. The van der Waals surface area contributed by atoms with Gasteiger partial charge in [0, 0.05) is 18.3 Å². The second-order valence-electron chi connectivity index (χ2n) is 5.51. The first kappa shape index (κ1) is 19.2. The number of para-hydroxylation sites is 1. The number of hydrogen-bond acceptors (Lipinski definition) is 5. The number of hydrogen-bond donors (Lipinski definition) is 0. The number of nitrogens with zero attached hydrogens (tertiary/aromatic N) is 3. The molecule has 0 saturated carbocycles. The lowest BCUT2D eigenvalue weighted by Gasteiger charge is -2.12. The Kier molecular flexibility index (Phi) is 6.32. The summed E-state index contributed by atoms with van der Waals surface area (Å²) in [5, 5.41) is 0.878. The SMILES string of the molecule is C=CCOc1ccccc1/C=C1\SC(=Nc2cccnc2Cl)N(CC)C1=O. The molecule has 1 amide bonds. The molecule has 1 aromatic carbocycles. The highest BCUT2D eigenvalue weighted by molar-refractivity contribution is 8.18. The summed E-state index contributed by atoms with van der Waals surface area (Å²) in [7, 11) is 0. The van der Waals surface area contributed by atoms with Crippen LogP contribution in [-0.2, 0) is 4.79 Å². The van der Waals surface area contributed by atoms with E-state index in [1.165, 1.54) is 11.8 Å². The van der Waals surface area contributed by atoms with E-state index in [1.807, 2.05) is 37.3 Å². The summed E-state index contributed by atoms with van der Waals surface area (Å²) in [6.07, 6.45) is 5.10. The zero-order valence-electron chi connectivity index (χ0n) is 14.8. The molecular weight excluding hydrogens is 382 g/mol. The molecule has 0 N–H and O–H groups in total. The lowest BCUT2D eigenvalue weighted by atomic mass is 10.2. The van der Waals surface area contributed by atoms with Crippen LogP contribution >= 0.6 is 23.4 Å². The van der Waals surface area contributed by atoms with Gasteiger partial charge in [0.05, 0.1) is 4.91 Å². The van der Waals surface area contributed by atoms with Crippen LogP contribution in [0.25, 0.3) is 6.08 Å². The molecule has 138 valence electrons. The van der Waals surface area contributed by atoms with Gasteiger partial charge in [0.1, 0.15) is 18.0 Å². The number of benzene rings is 1. The van der Waals surface area contributed by atoms with Crippen LogP contribution < -0.4 is 4.74 Å². The van der Waals surface area contributed by atoms with Crippen molar-refractivity contribution < 1.29 is 9.53 Å². The second-order valence-corrected chi connectivity index (χ2v) is 6.87. The average molecular weight is 400 g/mol. The number of aliphatic imine (C=N–C) groups is 1. The molecule has 0 unspecified atom stereocenters. The fourth-order valence-electron chi connectivity index (χ4n) is 2.46. The third-order valence-corrected chi connectivity index (χ3v) is 5.02. The molecule has 1 aromatic heterocycles. The second kappa shape index (κ2) is 8.88. The van der Waals surface area contributed by atoms with Crippen LogP contribution in [0.1, 0.15) is 12.5 Å². The normalized spacial score (nSPS) is 17.0. The first-order chi connectivity index (χ1) is 13.1. The highest BCUT2D eigenvalue weighted by Crippen LogP contribution is 2.36. The van der Waals surface area contributed by atoms with E-state index < -0.39 is 0 Å². The van der Waals surface area contributed by atoms with E-state index in [0.29, 0.717) is 39.8 Å². The Balaban J connectivity index is 1.94. The van der Waals surface area contributed by atoms with Crippen molar-refractivity contribution in [2.45, 2.75) is 6.92 Å². The molecule has 0 aliphatic carbocycles. The third-order valence-electron chi connectivity index (χ3n) is 3.72. The van der Waals surface area contributed by atoms with Gasteiger partial charge < -0.3 is 4.74 Å². The Bertz CT molecular complexity index is 927. The maximum Gasteiger partial charge on any atom is 0.266 e. The molecule has 0 radical (unpaired) electrons. The lowest BCUT2D eigenvalue weighted by Crippen LogP contribution is -2.28. The number of aromatic nitrogens is 1. The topological polar surface area (TPSA) is 54.8 Å². The Morgan fingerprint density at radius 1 is 1.33 bits per heavy atom. The van der Waals surface area contributed by atoms with E-state index in [-0.39, 0.29) is 5.91 Å². The van der Waals surface area contributed by atoms with Gasteiger partial charge in [0.2, 0.25) is 0 Å². The first-order valence-corrected chi connectivity index (χ1v) is 9.56. The molecule has 1 fully saturated rings. The minimum Gasteiger partial charge on any atom is -0.489 e. The smallest absolute Gasteiger partial charge is 0.266 e. The fourth-order valence-corrected chi connectivity index (χ4v) is 3.66. The van der Waals surface area contributed by atoms with E-state index >= 15 is 0 Å². The molecule has 1 saturated heterocycles. The molecule has 7 heteroatoms. The monoisotopic (exact) mass is 399 g/mol. The van der Waals surface area contributed by atoms with Gasteiger partial charge in [-0.1, -0.05) is 42.5 Å². The minimum absolute atomic E-state index is 0.0974. The quantitative estimate of drug-likeness (QED) is 0.393. The van der Waals surface area contributed by atoms with E-state index in [4.69, 9.17) is 16.3 Å². The first-order valence-electron chi connectivity index (χ1n) is 8.37. The Morgan fingerprint density at radius 3 is 2.89 bits per heavy atom. The van der Waals surface area contributed by atoms with Crippen molar-refractivity contribution in [3.63, 3.8) is 0 Å². The van der Waals surface area contributed by atoms with Gasteiger partial charge in [-0.05, 0) is 43.0 Å². The number of pyridine rings is 1. The number of amidine groups is 1. The highest BCUT2D eigenvalue weighted by Gasteiger charge is 2.32. The Hall–Kier alpha value is -2.57. The molecule has 2 heterocycles. The minimum atomic E-state index is -0.0974. The number of likely N-dealkylation sites (N-methyl/N-ethyl adjacent to an activating group) is 1. The number of thioether (sulfide) groups is 1. The number of carbonyl (C=O) groups excluding carboxylic acids is 1. The summed E-state index contributed by atoms with van der Waals surface area (Å²) in [4.78, 5) is 23.5. The zero-order valence-corrected chi connectivity index (χ0v) is 16.3. The van der Waals surface area contributed by atoms with Gasteiger partial charge >= 0.3 is 0 Å². The summed E-state index contributed by atoms with van der Waals surface area (Å²) < 4.78 is 5.67. The van der Waals surface area contributed by atoms with Crippen LogP contribution in [0.4, 0.5) is 5.69 Å². The maximum absolute atomic E-state index is 12.8. The van der Waals surface area contributed by atoms with Gasteiger partial charge in [0.15, 0.2) is 10.3 Å². The summed E-state index contributed by atoms with van der Waals surface area (Å²) >= 11 is 7.40. The van der Waals surface area contributed by atoms with Gasteiger partial charge in [-0.15, -0.1) is 0 Å². The van der Waals surface area contributed by atoms with Gasteiger partial charge in [-0.3, -0.25) is 9.69 Å². The molecule has 27 heavy (non-hydrogen) atoms. The van der Waals surface area contributed by atoms with Crippen LogP contribution in [0.5, 0.6) is 5.75 Å². The average Bonchev–Trinajstić information content (AvgIpc) is 2.97. The van der Waals surface area contributed by atoms with Crippen LogP contribution in [0.3, 0.4) is 0 Å². The largest absolute Gasteiger partial charge is 0.489 e. The Labute approximate surface area is 167 Å². The molecule has 3 rings (SSSR count). The predicted molar refractivity (Wildman–Crippen MR) is 111 cm³/mol. The Morgan fingerprint density at radius 2 is 2.15 bits per heavy atom. The van der Waals surface area contributed by atoms with Crippen molar-refractivity contribution in [2.75, 3.05) is 13.2 Å². The van der Waals surface area contributed by atoms with Gasteiger partial charge in [0.25, 0.3) is 5.91 Å². The molecule has 5 nitrogen and oxygen atoms in total.